The minimum Gasteiger partial charge on any atom is -0.354 e. The van der Waals surface area contributed by atoms with Crippen molar-refractivity contribution in [2.24, 2.45) is 5.92 Å². The molecule has 24 heavy (non-hydrogen) atoms. The second-order valence-electron chi connectivity index (χ2n) is 6.04. The van der Waals surface area contributed by atoms with Crippen molar-refractivity contribution >= 4 is 15.9 Å². The Morgan fingerprint density at radius 3 is 2.54 bits per heavy atom. The zero-order valence-electron chi connectivity index (χ0n) is 14.0. The maximum atomic E-state index is 13.8. The maximum Gasteiger partial charge on any atom is 0.245 e. The molecular formula is C16H24FN3O3S. The van der Waals surface area contributed by atoms with E-state index >= 15 is 0 Å². The molecule has 1 amide bonds. The number of carbonyl (C=O) groups is 1. The number of piperidine rings is 1. The van der Waals surface area contributed by atoms with Crippen molar-refractivity contribution in [3.8, 4) is 0 Å². The van der Waals surface area contributed by atoms with Crippen LogP contribution in [0.25, 0.3) is 0 Å². The number of likely N-dealkylation sites (N-methyl/N-ethyl adjacent to an activating group) is 1. The van der Waals surface area contributed by atoms with Crippen LogP contribution in [0.3, 0.4) is 0 Å². The number of rotatable bonds is 6. The van der Waals surface area contributed by atoms with Gasteiger partial charge in [0.2, 0.25) is 15.9 Å². The first kappa shape index (κ1) is 18.8. The molecule has 1 aliphatic heterocycles. The summed E-state index contributed by atoms with van der Waals surface area (Å²) >= 11 is 0. The van der Waals surface area contributed by atoms with Gasteiger partial charge in [-0.3, -0.25) is 4.79 Å². The van der Waals surface area contributed by atoms with Crippen LogP contribution in [0.1, 0.15) is 19.8 Å². The molecule has 134 valence electrons. The lowest BCUT2D eigenvalue weighted by Gasteiger charge is -2.30. The number of carbonyl (C=O) groups excluding carboxylic acids is 1. The molecule has 8 heteroatoms. The third-order valence-corrected chi connectivity index (χ3v) is 6.29. The van der Waals surface area contributed by atoms with Gasteiger partial charge in [-0.2, -0.15) is 4.31 Å². The Labute approximate surface area is 142 Å². The van der Waals surface area contributed by atoms with E-state index in [1.807, 2.05) is 14.0 Å². The summed E-state index contributed by atoms with van der Waals surface area (Å²) in [4.78, 5) is 11.8. The van der Waals surface area contributed by atoms with E-state index in [9.17, 15) is 17.6 Å². The highest BCUT2D eigenvalue weighted by atomic mass is 32.2. The number of hydrogen-bond donors (Lipinski definition) is 2. The highest BCUT2D eigenvalue weighted by Gasteiger charge is 2.33. The van der Waals surface area contributed by atoms with Crippen molar-refractivity contribution in [1.82, 2.24) is 14.9 Å². The van der Waals surface area contributed by atoms with Crippen LogP contribution in [-0.2, 0) is 14.8 Å². The summed E-state index contributed by atoms with van der Waals surface area (Å²) in [6.45, 7) is 2.93. The summed E-state index contributed by atoms with van der Waals surface area (Å²) in [5.41, 5.74) is 0. The van der Waals surface area contributed by atoms with Gasteiger partial charge in [0.15, 0.2) is 0 Å². The first-order valence-electron chi connectivity index (χ1n) is 8.06. The Bertz CT molecular complexity index is 673. The molecule has 0 saturated carbocycles. The second-order valence-corrected chi connectivity index (χ2v) is 7.95. The summed E-state index contributed by atoms with van der Waals surface area (Å²) in [6, 6.07) is 5.53. The molecule has 6 nitrogen and oxygen atoms in total. The number of nitrogens with zero attached hydrogens (tertiary/aromatic N) is 1. The molecule has 2 rings (SSSR count). The van der Waals surface area contributed by atoms with E-state index in [1.165, 1.54) is 22.5 Å². The Kier molecular flexibility index (Phi) is 6.31. The fourth-order valence-electron chi connectivity index (χ4n) is 2.65. The second kappa shape index (κ2) is 8.04. The number of sulfonamides is 1. The third kappa shape index (κ3) is 4.31. The van der Waals surface area contributed by atoms with Gasteiger partial charge < -0.3 is 10.6 Å². The van der Waals surface area contributed by atoms with E-state index in [4.69, 9.17) is 0 Å². The molecule has 0 aliphatic carbocycles. The molecule has 1 fully saturated rings. The summed E-state index contributed by atoms with van der Waals surface area (Å²) < 4.78 is 40.1. The minimum atomic E-state index is -3.85. The van der Waals surface area contributed by atoms with Gasteiger partial charge in [0.05, 0.1) is 0 Å². The lowest BCUT2D eigenvalue weighted by molar-refractivity contribution is -0.126. The molecule has 1 atom stereocenters. The van der Waals surface area contributed by atoms with Crippen LogP contribution in [0.4, 0.5) is 4.39 Å². The van der Waals surface area contributed by atoms with Gasteiger partial charge in [0, 0.05) is 31.6 Å². The number of nitrogens with one attached hydrogen (secondary N) is 2. The van der Waals surface area contributed by atoms with Crippen molar-refractivity contribution in [2.45, 2.75) is 30.7 Å². The average molecular weight is 357 g/mol. The van der Waals surface area contributed by atoms with Gasteiger partial charge in [-0.05, 0) is 38.9 Å². The smallest absolute Gasteiger partial charge is 0.245 e. The van der Waals surface area contributed by atoms with Crippen molar-refractivity contribution in [3.63, 3.8) is 0 Å². The highest BCUT2D eigenvalue weighted by Crippen LogP contribution is 2.25. The molecule has 1 saturated heterocycles. The largest absolute Gasteiger partial charge is 0.354 e. The zero-order valence-corrected chi connectivity index (χ0v) is 14.8. The lowest BCUT2D eigenvalue weighted by atomic mass is 9.97. The minimum absolute atomic E-state index is 0.0555. The Hall–Kier alpha value is -1.51. The molecule has 1 unspecified atom stereocenters. The van der Waals surface area contributed by atoms with Gasteiger partial charge in [-0.15, -0.1) is 0 Å². The molecule has 0 bridgehead atoms. The van der Waals surface area contributed by atoms with Gasteiger partial charge in [0.25, 0.3) is 0 Å². The molecule has 0 spiro atoms. The molecule has 1 heterocycles. The Balaban J connectivity index is 1.95. The van der Waals surface area contributed by atoms with Gasteiger partial charge in [-0.1, -0.05) is 12.1 Å². The summed E-state index contributed by atoms with van der Waals surface area (Å²) in [5, 5.41) is 5.90. The first-order valence-corrected chi connectivity index (χ1v) is 9.50. The molecule has 2 N–H and O–H groups in total. The molecule has 0 aromatic heterocycles. The van der Waals surface area contributed by atoms with Crippen molar-refractivity contribution < 1.29 is 17.6 Å². The van der Waals surface area contributed by atoms with E-state index in [0.717, 1.165) is 6.07 Å². The molecular weight excluding hydrogens is 333 g/mol. The fourth-order valence-corrected chi connectivity index (χ4v) is 4.19. The van der Waals surface area contributed by atoms with Gasteiger partial charge >= 0.3 is 0 Å². The van der Waals surface area contributed by atoms with Gasteiger partial charge in [0.1, 0.15) is 10.7 Å². The predicted molar refractivity (Wildman–Crippen MR) is 89.4 cm³/mol. The summed E-state index contributed by atoms with van der Waals surface area (Å²) in [6.07, 6.45) is 0.876. The SMILES string of the molecule is CNC(C)CNC(=O)C1CCN(S(=O)(=O)c2ccccc2F)CC1. The highest BCUT2D eigenvalue weighted by molar-refractivity contribution is 7.89. The quantitative estimate of drug-likeness (QED) is 0.795. The van der Waals surface area contributed by atoms with E-state index in [1.54, 1.807) is 0 Å². The van der Waals surface area contributed by atoms with Crippen LogP contribution in [0.5, 0.6) is 0 Å². The maximum absolute atomic E-state index is 13.8. The summed E-state index contributed by atoms with van der Waals surface area (Å²) in [7, 11) is -2.03. The van der Waals surface area contributed by atoms with Crippen molar-refractivity contribution in [1.29, 1.82) is 0 Å². The fraction of sp³-hybridized carbons (Fsp3) is 0.562. The predicted octanol–water partition coefficient (Wildman–Crippen LogP) is 0.950. The van der Waals surface area contributed by atoms with E-state index in [2.05, 4.69) is 10.6 Å². The van der Waals surface area contributed by atoms with Crippen LogP contribution in [-0.4, -0.2) is 51.4 Å². The van der Waals surface area contributed by atoms with E-state index in [-0.39, 0.29) is 35.9 Å². The van der Waals surface area contributed by atoms with Crippen molar-refractivity contribution in [3.05, 3.63) is 30.1 Å². The normalized spacial score (nSPS) is 18.3. The van der Waals surface area contributed by atoms with Crippen molar-refractivity contribution in [2.75, 3.05) is 26.7 Å². The Morgan fingerprint density at radius 1 is 1.33 bits per heavy atom. The topological polar surface area (TPSA) is 78.5 Å². The summed E-state index contributed by atoms with van der Waals surface area (Å²) in [5.74, 6) is -1.01. The number of benzene rings is 1. The molecule has 0 radical (unpaired) electrons. The molecule has 1 aromatic rings. The van der Waals surface area contributed by atoms with Crippen LogP contribution < -0.4 is 10.6 Å². The molecule has 1 aromatic carbocycles. The number of halogens is 1. The van der Waals surface area contributed by atoms with E-state index in [0.29, 0.717) is 19.4 Å². The first-order chi connectivity index (χ1) is 11.4. The number of hydrogen-bond acceptors (Lipinski definition) is 4. The third-order valence-electron chi connectivity index (χ3n) is 4.35. The van der Waals surface area contributed by atoms with Crippen LogP contribution >= 0.6 is 0 Å². The van der Waals surface area contributed by atoms with E-state index < -0.39 is 15.8 Å². The molecule has 1 aliphatic rings. The monoisotopic (exact) mass is 357 g/mol. The standard InChI is InChI=1S/C16H24FN3O3S/c1-12(18-2)11-19-16(21)13-7-9-20(10-8-13)24(22,23)15-6-4-3-5-14(15)17/h3-6,12-13,18H,7-11H2,1-2H3,(H,19,21). The van der Waals surface area contributed by atoms with Crippen LogP contribution in [0, 0.1) is 11.7 Å². The lowest BCUT2D eigenvalue weighted by Crippen LogP contribution is -2.45. The van der Waals surface area contributed by atoms with Gasteiger partial charge in [-0.25, -0.2) is 12.8 Å². The zero-order chi connectivity index (χ0) is 17.7. The van der Waals surface area contributed by atoms with Crippen LogP contribution in [0.2, 0.25) is 0 Å². The van der Waals surface area contributed by atoms with Crippen LogP contribution in [0.15, 0.2) is 29.2 Å². The average Bonchev–Trinajstić information content (AvgIpc) is 2.59. The Morgan fingerprint density at radius 2 is 1.96 bits per heavy atom. The number of amides is 1.